The monoisotopic (exact) mass is 223 g/mol. The number of aromatic nitrogens is 2. The van der Waals surface area contributed by atoms with Crippen LogP contribution < -0.4 is 5.32 Å². The summed E-state index contributed by atoms with van der Waals surface area (Å²) in [6.07, 6.45) is 0. The number of hydrogen-bond acceptors (Lipinski definition) is 4. The molecule has 0 spiro atoms. The highest BCUT2D eigenvalue weighted by Gasteiger charge is 2.05. The summed E-state index contributed by atoms with van der Waals surface area (Å²) in [4.78, 5) is 8.85. The lowest BCUT2D eigenvalue weighted by atomic mass is 10.2. The van der Waals surface area contributed by atoms with Crippen molar-refractivity contribution in [3.63, 3.8) is 0 Å². The summed E-state index contributed by atoms with van der Waals surface area (Å²) in [5.41, 5.74) is 0.998. The van der Waals surface area contributed by atoms with Gasteiger partial charge >= 0.3 is 0 Å². The van der Waals surface area contributed by atoms with Gasteiger partial charge in [-0.2, -0.15) is 0 Å². The Balaban J connectivity index is 2.58. The van der Waals surface area contributed by atoms with E-state index in [1.54, 1.807) is 0 Å². The Morgan fingerprint density at radius 2 is 2.12 bits per heavy atom. The Kier molecular flexibility index (Phi) is 5.19. The molecule has 0 aliphatic carbocycles. The van der Waals surface area contributed by atoms with Gasteiger partial charge in [-0.3, -0.25) is 0 Å². The maximum absolute atomic E-state index is 5.26. The van der Waals surface area contributed by atoms with Crippen LogP contribution in [0.1, 0.15) is 38.2 Å². The standard InChI is InChI=1S/C12H21N3O/c1-5-16-7-6-13-11-8-10(4)14-12(15-11)9(2)3/h8-9H,5-7H2,1-4H3,(H,13,14,15). The topological polar surface area (TPSA) is 47.0 Å². The summed E-state index contributed by atoms with van der Waals surface area (Å²) in [6, 6.07) is 1.96. The molecule has 0 amide bonds. The van der Waals surface area contributed by atoms with E-state index in [0.29, 0.717) is 12.5 Å². The van der Waals surface area contributed by atoms with Gasteiger partial charge in [-0.15, -0.1) is 0 Å². The van der Waals surface area contributed by atoms with Crippen LogP contribution in [0.2, 0.25) is 0 Å². The van der Waals surface area contributed by atoms with Crippen LogP contribution in [0.5, 0.6) is 0 Å². The molecule has 0 saturated carbocycles. The fraction of sp³-hybridized carbons (Fsp3) is 0.667. The van der Waals surface area contributed by atoms with Crippen molar-refractivity contribution in [1.29, 1.82) is 0 Å². The van der Waals surface area contributed by atoms with Gasteiger partial charge in [0.2, 0.25) is 0 Å². The molecule has 0 unspecified atom stereocenters. The lowest BCUT2D eigenvalue weighted by molar-refractivity contribution is 0.158. The quantitative estimate of drug-likeness (QED) is 0.752. The zero-order valence-electron chi connectivity index (χ0n) is 10.6. The van der Waals surface area contributed by atoms with Gasteiger partial charge in [0.1, 0.15) is 11.6 Å². The van der Waals surface area contributed by atoms with Crippen LogP contribution in [0.4, 0.5) is 5.82 Å². The van der Waals surface area contributed by atoms with Crippen LogP contribution in [0, 0.1) is 6.92 Å². The molecule has 1 heterocycles. The van der Waals surface area contributed by atoms with Gasteiger partial charge in [0.15, 0.2) is 0 Å². The Hall–Kier alpha value is -1.16. The average Bonchev–Trinajstić information content (AvgIpc) is 2.23. The first kappa shape index (κ1) is 12.9. The molecule has 4 heteroatoms. The lowest BCUT2D eigenvalue weighted by Crippen LogP contribution is -2.12. The normalized spacial score (nSPS) is 10.8. The van der Waals surface area contributed by atoms with E-state index >= 15 is 0 Å². The molecular weight excluding hydrogens is 202 g/mol. The largest absolute Gasteiger partial charge is 0.380 e. The first-order chi connectivity index (χ1) is 7.63. The van der Waals surface area contributed by atoms with Crippen LogP contribution in [-0.4, -0.2) is 29.7 Å². The van der Waals surface area contributed by atoms with Crippen molar-refractivity contribution in [2.75, 3.05) is 25.1 Å². The van der Waals surface area contributed by atoms with Crippen LogP contribution >= 0.6 is 0 Å². The van der Waals surface area contributed by atoms with E-state index in [2.05, 4.69) is 29.1 Å². The van der Waals surface area contributed by atoms with Gasteiger partial charge < -0.3 is 10.1 Å². The number of anilines is 1. The van der Waals surface area contributed by atoms with Gasteiger partial charge in [-0.1, -0.05) is 13.8 Å². The molecular formula is C12H21N3O. The fourth-order valence-corrected chi connectivity index (χ4v) is 1.34. The lowest BCUT2D eigenvalue weighted by Gasteiger charge is -2.10. The van der Waals surface area contributed by atoms with Crippen molar-refractivity contribution >= 4 is 5.82 Å². The molecule has 0 saturated heterocycles. The maximum Gasteiger partial charge on any atom is 0.133 e. The van der Waals surface area contributed by atoms with Gasteiger partial charge in [0.25, 0.3) is 0 Å². The minimum atomic E-state index is 0.354. The minimum absolute atomic E-state index is 0.354. The molecule has 16 heavy (non-hydrogen) atoms. The predicted molar refractivity (Wildman–Crippen MR) is 65.8 cm³/mol. The minimum Gasteiger partial charge on any atom is -0.380 e. The van der Waals surface area contributed by atoms with E-state index in [1.807, 2.05) is 19.9 Å². The third-order valence-electron chi connectivity index (χ3n) is 2.14. The molecule has 1 aromatic heterocycles. The van der Waals surface area contributed by atoms with Crippen LogP contribution in [0.3, 0.4) is 0 Å². The van der Waals surface area contributed by atoms with Crippen molar-refractivity contribution in [2.24, 2.45) is 0 Å². The second kappa shape index (κ2) is 6.43. The molecule has 90 valence electrons. The number of aryl methyl sites for hydroxylation is 1. The highest BCUT2D eigenvalue weighted by atomic mass is 16.5. The molecule has 1 rings (SSSR count). The number of nitrogens with one attached hydrogen (secondary N) is 1. The smallest absolute Gasteiger partial charge is 0.133 e. The van der Waals surface area contributed by atoms with E-state index in [0.717, 1.165) is 30.5 Å². The highest BCUT2D eigenvalue weighted by molar-refractivity contribution is 5.36. The van der Waals surface area contributed by atoms with Gasteiger partial charge in [-0.05, 0) is 13.8 Å². The van der Waals surface area contributed by atoms with Crippen molar-refractivity contribution in [2.45, 2.75) is 33.6 Å². The Morgan fingerprint density at radius 3 is 2.75 bits per heavy atom. The Morgan fingerprint density at radius 1 is 1.38 bits per heavy atom. The van der Waals surface area contributed by atoms with Crippen molar-refractivity contribution in [3.05, 3.63) is 17.6 Å². The summed E-state index contributed by atoms with van der Waals surface area (Å²) in [6.45, 7) is 10.4. The molecule has 0 radical (unpaired) electrons. The molecule has 0 aliphatic heterocycles. The molecule has 0 fully saturated rings. The maximum atomic E-state index is 5.26. The second-order valence-electron chi connectivity index (χ2n) is 4.03. The summed E-state index contributed by atoms with van der Waals surface area (Å²) in [5.74, 6) is 2.13. The van der Waals surface area contributed by atoms with E-state index in [-0.39, 0.29) is 0 Å². The van der Waals surface area contributed by atoms with Crippen molar-refractivity contribution < 1.29 is 4.74 Å². The van der Waals surface area contributed by atoms with Gasteiger partial charge in [0, 0.05) is 30.8 Å². The summed E-state index contributed by atoms with van der Waals surface area (Å²) in [7, 11) is 0. The first-order valence-corrected chi connectivity index (χ1v) is 5.80. The van der Waals surface area contributed by atoms with E-state index in [9.17, 15) is 0 Å². The number of ether oxygens (including phenoxy) is 1. The van der Waals surface area contributed by atoms with Crippen LogP contribution in [0.15, 0.2) is 6.07 Å². The molecule has 1 N–H and O–H groups in total. The fourth-order valence-electron chi connectivity index (χ4n) is 1.34. The van der Waals surface area contributed by atoms with E-state index in [1.165, 1.54) is 0 Å². The van der Waals surface area contributed by atoms with Crippen molar-refractivity contribution in [3.8, 4) is 0 Å². The van der Waals surface area contributed by atoms with Crippen LogP contribution in [-0.2, 0) is 4.74 Å². The van der Waals surface area contributed by atoms with Gasteiger partial charge in [0.05, 0.1) is 6.61 Å². The van der Waals surface area contributed by atoms with Crippen LogP contribution in [0.25, 0.3) is 0 Å². The Bertz CT molecular complexity index is 326. The number of hydrogen-bond donors (Lipinski definition) is 1. The molecule has 0 atom stereocenters. The summed E-state index contributed by atoms with van der Waals surface area (Å²) in [5, 5.41) is 3.24. The molecule has 1 aromatic rings. The molecule has 4 nitrogen and oxygen atoms in total. The second-order valence-corrected chi connectivity index (χ2v) is 4.03. The molecule has 0 aliphatic rings. The zero-order chi connectivity index (χ0) is 12.0. The number of rotatable bonds is 6. The van der Waals surface area contributed by atoms with E-state index < -0.39 is 0 Å². The first-order valence-electron chi connectivity index (χ1n) is 5.80. The van der Waals surface area contributed by atoms with Crippen molar-refractivity contribution in [1.82, 2.24) is 9.97 Å². The Labute approximate surface area is 97.5 Å². The average molecular weight is 223 g/mol. The van der Waals surface area contributed by atoms with E-state index in [4.69, 9.17) is 4.74 Å². The third kappa shape index (κ3) is 4.14. The third-order valence-corrected chi connectivity index (χ3v) is 2.14. The zero-order valence-corrected chi connectivity index (χ0v) is 10.6. The SMILES string of the molecule is CCOCCNc1cc(C)nc(C(C)C)n1. The molecule has 0 aromatic carbocycles. The molecule has 0 bridgehead atoms. The number of nitrogens with zero attached hydrogens (tertiary/aromatic N) is 2. The van der Waals surface area contributed by atoms with Gasteiger partial charge in [-0.25, -0.2) is 9.97 Å². The predicted octanol–water partition coefficient (Wildman–Crippen LogP) is 2.36. The summed E-state index contributed by atoms with van der Waals surface area (Å²) >= 11 is 0. The summed E-state index contributed by atoms with van der Waals surface area (Å²) < 4.78 is 5.26. The highest BCUT2D eigenvalue weighted by Crippen LogP contribution is 2.13.